The maximum Gasteiger partial charge on any atom is 0.278 e. The van der Waals surface area contributed by atoms with Crippen molar-refractivity contribution in [2.45, 2.75) is 19.9 Å². The van der Waals surface area contributed by atoms with Gasteiger partial charge in [-0.15, -0.1) is 12.4 Å². The largest absolute Gasteiger partial charge is 0.490 e. The Morgan fingerprint density at radius 2 is 2.12 bits per heavy atom. The fourth-order valence-corrected chi connectivity index (χ4v) is 2.76. The Kier molecular flexibility index (Phi) is 6.23. The average Bonchev–Trinajstić information content (AvgIpc) is 3.00. The second kappa shape index (κ2) is 8.17. The Morgan fingerprint density at radius 3 is 2.79 bits per heavy atom. The van der Waals surface area contributed by atoms with Crippen molar-refractivity contribution < 1.29 is 9.53 Å². The first-order chi connectivity index (χ1) is 11.2. The lowest BCUT2D eigenvalue weighted by Gasteiger charge is -2.33. The molecule has 0 radical (unpaired) electrons. The second-order valence-corrected chi connectivity index (χ2v) is 5.61. The van der Waals surface area contributed by atoms with Gasteiger partial charge in [-0.2, -0.15) is 5.10 Å². The van der Waals surface area contributed by atoms with Gasteiger partial charge in [0.15, 0.2) is 11.4 Å². The summed E-state index contributed by atoms with van der Waals surface area (Å²) in [6.07, 6.45) is 1.78. The predicted molar refractivity (Wildman–Crippen MR) is 95.3 cm³/mol. The van der Waals surface area contributed by atoms with Crippen LogP contribution in [0, 0.1) is 0 Å². The van der Waals surface area contributed by atoms with E-state index in [2.05, 4.69) is 10.4 Å². The molecule has 0 saturated carbocycles. The maximum absolute atomic E-state index is 12.9. The van der Waals surface area contributed by atoms with E-state index in [-0.39, 0.29) is 24.4 Å². The number of benzene rings is 1. The van der Waals surface area contributed by atoms with E-state index in [4.69, 9.17) is 4.74 Å². The van der Waals surface area contributed by atoms with Crippen molar-refractivity contribution in [3.63, 3.8) is 0 Å². The highest BCUT2D eigenvalue weighted by molar-refractivity contribution is 5.95. The molecule has 0 spiro atoms. The van der Waals surface area contributed by atoms with Crippen LogP contribution in [-0.2, 0) is 0 Å². The molecule has 7 heteroatoms. The van der Waals surface area contributed by atoms with E-state index in [0.717, 1.165) is 18.8 Å². The molecular formula is C17H23ClN4O2. The lowest BCUT2D eigenvalue weighted by atomic mass is 10.2. The van der Waals surface area contributed by atoms with E-state index in [1.165, 1.54) is 0 Å². The van der Waals surface area contributed by atoms with Gasteiger partial charge in [0.25, 0.3) is 5.91 Å². The number of aromatic nitrogens is 2. The van der Waals surface area contributed by atoms with Crippen LogP contribution in [0.15, 0.2) is 36.5 Å². The summed E-state index contributed by atoms with van der Waals surface area (Å²) in [6.45, 7) is 6.73. The van der Waals surface area contributed by atoms with Crippen LogP contribution in [0.3, 0.4) is 0 Å². The van der Waals surface area contributed by atoms with Crippen molar-refractivity contribution in [3.05, 3.63) is 42.2 Å². The van der Waals surface area contributed by atoms with Crippen LogP contribution in [0.5, 0.6) is 5.75 Å². The van der Waals surface area contributed by atoms with Gasteiger partial charge in [0.1, 0.15) is 0 Å². The monoisotopic (exact) mass is 350 g/mol. The maximum atomic E-state index is 12.9. The van der Waals surface area contributed by atoms with E-state index in [1.807, 2.05) is 49.1 Å². The standard InChI is InChI=1S/C17H22N4O2.ClH/c1-3-23-15-12-21(14-7-5-4-6-8-14)19-16(15)17(22)20-10-9-18-11-13(20)2;/h4-8,12-13,18H,3,9-11H2,1-2H3;1H. The molecule has 1 aliphatic rings. The third kappa shape index (κ3) is 3.71. The lowest BCUT2D eigenvalue weighted by molar-refractivity contribution is 0.0645. The minimum atomic E-state index is -0.0721. The van der Waals surface area contributed by atoms with Gasteiger partial charge in [0.05, 0.1) is 18.5 Å². The van der Waals surface area contributed by atoms with Crippen molar-refractivity contribution in [1.29, 1.82) is 0 Å². The van der Waals surface area contributed by atoms with Crippen molar-refractivity contribution in [2.75, 3.05) is 26.2 Å². The van der Waals surface area contributed by atoms with Gasteiger partial charge < -0.3 is 15.0 Å². The summed E-state index contributed by atoms with van der Waals surface area (Å²) in [4.78, 5) is 14.8. The van der Waals surface area contributed by atoms with E-state index in [0.29, 0.717) is 24.6 Å². The van der Waals surface area contributed by atoms with Gasteiger partial charge >= 0.3 is 0 Å². The Bertz CT molecular complexity index is 674. The summed E-state index contributed by atoms with van der Waals surface area (Å²) < 4.78 is 7.34. The Balaban J connectivity index is 0.00000208. The van der Waals surface area contributed by atoms with Gasteiger partial charge in [0.2, 0.25) is 0 Å². The van der Waals surface area contributed by atoms with Crippen LogP contribution in [0.25, 0.3) is 5.69 Å². The minimum absolute atomic E-state index is 0. The number of carbonyl (C=O) groups is 1. The third-order valence-corrected chi connectivity index (χ3v) is 3.97. The number of hydrogen-bond donors (Lipinski definition) is 1. The highest BCUT2D eigenvalue weighted by Crippen LogP contribution is 2.22. The number of halogens is 1. The predicted octanol–water partition coefficient (Wildman–Crippen LogP) is 2.13. The molecule has 1 fully saturated rings. The topological polar surface area (TPSA) is 59.4 Å². The molecule has 1 saturated heterocycles. The van der Waals surface area contributed by atoms with Crippen LogP contribution in [0.4, 0.5) is 0 Å². The zero-order valence-electron chi connectivity index (χ0n) is 13.9. The summed E-state index contributed by atoms with van der Waals surface area (Å²) in [5.41, 5.74) is 1.28. The van der Waals surface area contributed by atoms with Crippen LogP contribution < -0.4 is 10.1 Å². The SMILES string of the molecule is CCOc1cn(-c2ccccc2)nc1C(=O)N1CCNCC1C.Cl. The lowest BCUT2D eigenvalue weighted by Crippen LogP contribution is -2.52. The number of nitrogens with one attached hydrogen (secondary N) is 1. The summed E-state index contributed by atoms with van der Waals surface area (Å²) in [5.74, 6) is 0.462. The van der Waals surface area contributed by atoms with Crippen LogP contribution in [0.1, 0.15) is 24.3 Å². The van der Waals surface area contributed by atoms with E-state index < -0.39 is 0 Å². The average molecular weight is 351 g/mol. The molecule has 2 heterocycles. The van der Waals surface area contributed by atoms with Crippen molar-refractivity contribution >= 4 is 18.3 Å². The normalized spacial score (nSPS) is 17.2. The minimum Gasteiger partial charge on any atom is -0.490 e. The molecule has 130 valence electrons. The van der Waals surface area contributed by atoms with E-state index in [1.54, 1.807) is 10.9 Å². The molecule has 1 aromatic heterocycles. The third-order valence-electron chi connectivity index (χ3n) is 3.97. The van der Waals surface area contributed by atoms with Gasteiger partial charge in [-0.05, 0) is 26.0 Å². The fraction of sp³-hybridized carbons (Fsp3) is 0.412. The number of para-hydroxylation sites is 1. The molecule has 1 unspecified atom stereocenters. The molecule has 1 aliphatic heterocycles. The molecule has 2 aromatic rings. The van der Waals surface area contributed by atoms with Crippen LogP contribution >= 0.6 is 12.4 Å². The number of hydrogen-bond acceptors (Lipinski definition) is 4. The summed E-state index contributed by atoms with van der Waals surface area (Å²) in [5, 5.41) is 7.78. The van der Waals surface area contributed by atoms with Gasteiger partial charge in [-0.25, -0.2) is 4.68 Å². The van der Waals surface area contributed by atoms with Gasteiger partial charge in [0, 0.05) is 25.7 Å². The second-order valence-electron chi connectivity index (χ2n) is 5.61. The molecule has 1 N–H and O–H groups in total. The zero-order chi connectivity index (χ0) is 16.2. The quantitative estimate of drug-likeness (QED) is 0.917. The summed E-state index contributed by atoms with van der Waals surface area (Å²) >= 11 is 0. The molecule has 1 atom stereocenters. The molecule has 24 heavy (non-hydrogen) atoms. The van der Waals surface area contributed by atoms with Crippen molar-refractivity contribution in [2.24, 2.45) is 0 Å². The number of nitrogens with zero attached hydrogens (tertiary/aromatic N) is 3. The number of amides is 1. The molecule has 1 amide bonds. The highest BCUT2D eigenvalue weighted by atomic mass is 35.5. The zero-order valence-corrected chi connectivity index (χ0v) is 14.8. The smallest absolute Gasteiger partial charge is 0.278 e. The highest BCUT2D eigenvalue weighted by Gasteiger charge is 2.29. The first-order valence-electron chi connectivity index (χ1n) is 8.00. The first-order valence-corrected chi connectivity index (χ1v) is 8.00. The number of rotatable bonds is 4. The molecular weight excluding hydrogens is 328 g/mol. The summed E-state index contributed by atoms with van der Waals surface area (Å²) in [7, 11) is 0. The molecule has 6 nitrogen and oxygen atoms in total. The molecule has 0 aliphatic carbocycles. The Hall–Kier alpha value is -2.05. The summed E-state index contributed by atoms with van der Waals surface area (Å²) in [6, 6.07) is 9.88. The van der Waals surface area contributed by atoms with E-state index in [9.17, 15) is 4.79 Å². The Morgan fingerprint density at radius 1 is 1.38 bits per heavy atom. The molecule has 3 rings (SSSR count). The molecule has 1 aromatic carbocycles. The van der Waals surface area contributed by atoms with Crippen LogP contribution in [0.2, 0.25) is 0 Å². The van der Waals surface area contributed by atoms with Crippen molar-refractivity contribution in [1.82, 2.24) is 20.0 Å². The van der Waals surface area contributed by atoms with Gasteiger partial charge in [-0.3, -0.25) is 4.79 Å². The molecule has 0 bridgehead atoms. The number of carbonyl (C=O) groups excluding carboxylic acids is 1. The van der Waals surface area contributed by atoms with E-state index >= 15 is 0 Å². The van der Waals surface area contributed by atoms with Crippen molar-refractivity contribution in [3.8, 4) is 11.4 Å². The number of piperazine rings is 1. The first kappa shape index (κ1) is 18.3. The number of ether oxygens (including phenoxy) is 1. The fourth-order valence-electron chi connectivity index (χ4n) is 2.76. The van der Waals surface area contributed by atoms with Gasteiger partial charge in [-0.1, -0.05) is 18.2 Å². The van der Waals surface area contributed by atoms with Crippen LogP contribution in [-0.4, -0.2) is 52.9 Å². The Labute approximate surface area is 148 Å².